The van der Waals surface area contributed by atoms with Crippen molar-refractivity contribution in [1.82, 2.24) is 19.9 Å². The third-order valence-electron chi connectivity index (χ3n) is 5.57. The van der Waals surface area contributed by atoms with Gasteiger partial charge in [0, 0.05) is 32.0 Å². The zero-order valence-corrected chi connectivity index (χ0v) is 20.3. The fourth-order valence-electron chi connectivity index (χ4n) is 3.73. The summed E-state index contributed by atoms with van der Waals surface area (Å²) in [7, 11) is -3.66. The zero-order valence-electron chi connectivity index (χ0n) is 18.6. The highest BCUT2D eigenvalue weighted by Crippen LogP contribution is 2.24. The first-order chi connectivity index (χ1) is 15.9. The van der Waals surface area contributed by atoms with Crippen molar-refractivity contribution in [2.75, 3.05) is 25.1 Å². The molecule has 2 N–H and O–H groups in total. The largest absolute Gasteiger partial charge is 0.350 e. The number of piperidine rings is 1. The van der Waals surface area contributed by atoms with Crippen LogP contribution in [0.4, 0.5) is 0 Å². The van der Waals surface area contributed by atoms with Gasteiger partial charge in [0.05, 0.1) is 10.8 Å². The minimum Gasteiger partial charge on any atom is -0.350 e. The van der Waals surface area contributed by atoms with Crippen molar-refractivity contribution in [2.45, 2.75) is 36.7 Å². The summed E-state index contributed by atoms with van der Waals surface area (Å²) in [5.74, 6) is -0.332. The molecular formula is C23H30N4O4S2. The first-order valence-electron chi connectivity index (χ1n) is 10.9. The number of thioether (sulfide) groups is 1. The first-order valence-corrected chi connectivity index (χ1v) is 13.8. The van der Waals surface area contributed by atoms with Crippen LogP contribution in [0.2, 0.25) is 0 Å². The standard InChI is InChI=1S/C23H30N4O4S2/c1-32-14-11-21(23(29)25-16-18-7-5-12-24-15-18)26-22(28)19-8-6-13-27(17-19)33(30,31)20-9-3-2-4-10-20/h2-5,7,9-10,12,15,19,21H,6,8,11,13-14,16-17H2,1H3,(H,25,29)(H,26,28)/t19-,21+/m1/s1. The molecule has 0 unspecified atom stereocenters. The molecule has 0 aliphatic carbocycles. The summed E-state index contributed by atoms with van der Waals surface area (Å²) >= 11 is 1.60. The number of aromatic nitrogens is 1. The topological polar surface area (TPSA) is 108 Å². The number of carbonyl (C=O) groups excluding carboxylic acids is 2. The number of nitrogens with zero attached hydrogens (tertiary/aromatic N) is 2. The van der Waals surface area contributed by atoms with Gasteiger partial charge in [-0.05, 0) is 55.0 Å². The van der Waals surface area contributed by atoms with Gasteiger partial charge < -0.3 is 10.6 Å². The van der Waals surface area contributed by atoms with E-state index in [9.17, 15) is 18.0 Å². The summed E-state index contributed by atoms with van der Waals surface area (Å²) < 4.78 is 27.3. The lowest BCUT2D eigenvalue weighted by molar-refractivity contribution is -0.132. The predicted molar refractivity (Wildman–Crippen MR) is 129 cm³/mol. The van der Waals surface area contributed by atoms with Crippen LogP contribution in [0.3, 0.4) is 0 Å². The third-order valence-corrected chi connectivity index (χ3v) is 8.09. The fourth-order valence-corrected chi connectivity index (χ4v) is 5.74. The Morgan fingerprint density at radius 1 is 1.21 bits per heavy atom. The van der Waals surface area contributed by atoms with Gasteiger partial charge in [-0.15, -0.1) is 0 Å². The minimum absolute atomic E-state index is 0.107. The van der Waals surface area contributed by atoms with Gasteiger partial charge in [0.15, 0.2) is 0 Å². The van der Waals surface area contributed by atoms with E-state index < -0.39 is 22.0 Å². The molecule has 0 bridgehead atoms. The molecule has 1 aromatic heterocycles. The Kier molecular flexibility index (Phi) is 9.28. The van der Waals surface area contributed by atoms with Crippen LogP contribution in [0.15, 0.2) is 59.8 Å². The number of pyridine rings is 1. The van der Waals surface area contributed by atoms with Crippen molar-refractivity contribution in [3.8, 4) is 0 Å². The molecule has 10 heteroatoms. The zero-order chi connectivity index (χ0) is 23.7. The maximum Gasteiger partial charge on any atom is 0.243 e. The Bertz CT molecular complexity index is 1020. The second kappa shape index (κ2) is 12.2. The Morgan fingerprint density at radius 3 is 2.70 bits per heavy atom. The van der Waals surface area contributed by atoms with E-state index in [2.05, 4.69) is 15.6 Å². The number of benzene rings is 1. The van der Waals surface area contributed by atoms with Crippen molar-refractivity contribution in [3.63, 3.8) is 0 Å². The predicted octanol–water partition coefficient (Wildman–Crippen LogP) is 2.04. The van der Waals surface area contributed by atoms with E-state index in [0.717, 1.165) is 5.56 Å². The van der Waals surface area contributed by atoms with E-state index in [0.29, 0.717) is 38.1 Å². The van der Waals surface area contributed by atoms with Crippen molar-refractivity contribution < 1.29 is 18.0 Å². The lowest BCUT2D eigenvalue weighted by Crippen LogP contribution is -2.51. The molecule has 8 nitrogen and oxygen atoms in total. The molecule has 1 aliphatic heterocycles. The number of sulfonamides is 1. The van der Waals surface area contributed by atoms with Gasteiger partial charge in [0.2, 0.25) is 21.8 Å². The molecule has 3 rings (SSSR count). The fraction of sp³-hybridized carbons (Fsp3) is 0.435. The molecule has 1 aromatic carbocycles. The van der Waals surface area contributed by atoms with Crippen LogP contribution in [0.25, 0.3) is 0 Å². The molecule has 1 fully saturated rings. The van der Waals surface area contributed by atoms with Gasteiger partial charge in [-0.1, -0.05) is 24.3 Å². The normalized spacial score (nSPS) is 17.8. The second-order valence-corrected chi connectivity index (χ2v) is 10.9. The number of rotatable bonds is 10. The van der Waals surface area contributed by atoms with Crippen LogP contribution < -0.4 is 10.6 Å². The van der Waals surface area contributed by atoms with E-state index in [4.69, 9.17) is 0 Å². The van der Waals surface area contributed by atoms with E-state index in [1.165, 1.54) is 4.31 Å². The maximum atomic E-state index is 13.0. The lowest BCUT2D eigenvalue weighted by atomic mass is 9.98. The molecule has 1 saturated heterocycles. The molecule has 33 heavy (non-hydrogen) atoms. The van der Waals surface area contributed by atoms with Gasteiger partial charge in [-0.25, -0.2) is 8.42 Å². The summed E-state index contributed by atoms with van der Waals surface area (Å²) in [4.78, 5) is 30.1. The van der Waals surface area contributed by atoms with Crippen molar-refractivity contribution in [3.05, 3.63) is 60.4 Å². The summed E-state index contributed by atoms with van der Waals surface area (Å²) in [5.41, 5.74) is 0.870. The van der Waals surface area contributed by atoms with E-state index in [-0.39, 0.29) is 23.3 Å². The molecular weight excluding hydrogens is 460 g/mol. The Balaban J connectivity index is 1.62. The third kappa shape index (κ3) is 7.02. The molecule has 0 radical (unpaired) electrons. The molecule has 178 valence electrons. The number of nitrogens with one attached hydrogen (secondary N) is 2. The van der Waals surface area contributed by atoms with Gasteiger partial charge in [0.25, 0.3) is 0 Å². The SMILES string of the molecule is CSCC[C@H](NC(=O)[C@@H]1CCCN(S(=O)(=O)c2ccccc2)C1)C(=O)NCc1cccnc1. The Hall–Kier alpha value is -2.43. The summed E-state index contributed by atoms with van der Waals surface area (Å²) in [6.45, 7) is 0.808. The van der Waals surface area contributed by atoms with Crippen LogP contribution >= 0.6 is 11.8 Å². The van der Waals surface area contributed by atoms with Crippen LogP contribution in [-0.2, 0) is 26.2 Å². The summed E-state index contributed by atoms with van der Waals surface area (Å²) in [6.07, 6.45) is 6.95. The first kappa shape index (κ1) is 25.2. The summed E-state index contributed by atoms with van der Waals surface area (Å²) in [5, 5.41) is 5.73. The summed E-state index contributed by atoms with van der Waals surface area (Å²) in [6, 6.07) is 11.2. The quantitative estimate of drug-likeness (QED) is 0.528. The monoisotopic (exact) mass is 490 g/mol. The highest BCUT2D eigenvalue weighted by Gasteiger charge is 2.34. The number of carbonyl (C=O) groups is 2. The maximum absolute atomic E-state index is 13.0. The Morgan fingerprint density at radius 2 is 2.00 bits per heavy atom. The average molecular weight is 491 g/mol. The molecule has 2 amide bonds. The van der Waals surface area contributed by atoms with Crippen LogP contribution in [0.1, 0.15) is 24.8 Å². The molecule has 2 heterocycles. The second-order valence-electron chi connectivity index (χ2n) is 7.94. The highest BCUT2D eigenvalue weighted by molar-refractivity contribution is 7.98. The average Bonchev–Trinajstić information content (AvgIpc) is 2.86. The van der Waals surface area contributed by atoms with Crippen molar-refractivity contribution >= 4 is 33.6 Å². The van der Waals surface area contributed by atoms with E-state index in [1.807, 2.05) is 12.3 Å². The van der Waals surface area contributed by atoms with Crippen LogP contribution in [0, 0.1) is 5.92 Å². The highest BCUT2D eigenvalue weighted by atomic mass is 32.2. The molecule has 0 saturated carbocycles. The van der Waals surface area contributed by atoms with Gasteiger partial charge in [0.1, 0.15) is 6.04 Å². The molecule has 2 atom stereocenters. The van der Waals surface area contributed by atoms with Gasteiger partial charge >= 0.3 is 0 Å². The molecule has 1 aliphatic rings. The number of hydrogen-bond donors (Lipinski definition) is 2. The van der Waals surface area contributed by atoms with E-state index >= 15 is 0 Å². The molecule has 0 spiro atoms. The van der Waals surface area contributed by atoms with Gasteiger partial charge in [-0.2, -0.15) is 16.1 Å². The number of amides is 2. The minimum atomic E-state index is -3.66. The van der Waals surface area contributed by atoms with Crippen LogP contribution in [0.5, 0.6) is 0 Å². The number of hydrogen-bond acceptors (Lipinski definition) is 6. The van der Waals surface area contributed by atoms with Gasteiger partial charge in [-0.3, -0.25) is 14.6 Å². The van der Waals surface area contributed by atoms with Crippen molar-refractivity contribution in [2.24, 2.45) is 5.92 Å². The van der Waals surface area contributed by atoms with Crippen LogP contribution in [-0.4, -0.2) is 60.7 Å². The Labute approximate surface area is 199 Å². The van der Waals surface area contributed by atoms with E-state index in [1.54, 1.807) is 60.6 Å². The van der Waals surface area contributed by atoms with Crippen molar-refractivity contribution in [1.29, 1.82) is 0 Å². The smallest absolute Gasteiger partial charge is 0.243 e. The molecule has 2 aromatic rings. The lowest BCUT2D eigenvalue weighted by Gasteiger charge is -2.32.